The van der Waals surface area contributed by atoms with Gasteiger partial charge in [0.05, 0.1) is 6.61 Å². The third-order valence-electron chi connectivity index (χ3n) is 3.02. The molecule has 1 aromatic rings. The van der Waals surface area contributed by atoms with E-state index in [9.17, 15) is 5.11 Å². The molecule has 0 spiro atoms. The summed E-state index contributed by atoms with van der Waals surface area (Å²) >= 11 is 0. The van der Waals surface area contributed by atoms with Crippen LogP contribution in [0.5, 0.6) is 5.75 Å². The first kappa shape index (κ1) is 10.5. The standard InChI is InChI=1S/C12H17NO2/c1-8-5-9(2)11-10(6-8)12(14,7-13)3-4-15-11/h5-6,14H,3-4,7,13H2,1-2H3. The molecule has 0 aliphatic carbocycles. The van der Waals surface area contributed by atoms with E-state index in [0.717, 1.165) is 22.4 Å². The van der Waals surface area contributed by atoms with Crippen LogP contribution in [-0.2, 0) is 5.60 Å². The number of hydrogen-bond acceptors (Lipinski definition) is 3. The van der Waals surface area contributed by atoms with Crippen molar-refractivity contribution >= 4 is 0 Å². The highest BCUT2D eigenvalue weighted by Crippen LogP contribution is 2.39. The van der Waals surface area contributed by atoms with Crippen LogP contribution in [0.3, 0.4) is 0 Å². The fourth-order valence-electron chi connectivity index (χ4n) is 2.16. The number of ether oxygens (including phenoxy) is 1. The van der Waals surface area contributed by atoms with Gasteiger partial charge in [-0.3, -0.25) is 0 Å². The normalized spacial score (nSPS) is 24.5. The van der Waals surface area contributed by atoms with Gasteiger partial charge in [-0.2, -0.15) is 0 Å². The van der Waals surface area contributed by atoms with Gasteiger partial charge < -0.3 is 15.6 Å². The van der Waals surface area contributed by atoms with E-state index in [-0.39, 0.29) is 6.54 Å². The second-order valence-electron chi connectivity index (χ2n) is 4.29. The average molecular weight is 207 g/mol. The third-order valence-corrected chi connectivity index (χ3v) is 3.02. The molecule has 0 saturated heterocycles. The van der Waals surface area contributed by atoms with Crippen molar-refractivity contribution in [1.29, 1.82) is 0 Å². The first-order valence-electron chi connectivity index (χ1n) is 5.24. The second-order valence-corrected chi connectivity index (χ2v) is 4.29. The lowest BCUT2D eigenvalue weighted by Crippen LogP contribution is -2.39. The minimum Gasteiger partial charge on any atom is -0.493 e. The van der Waals surface area contributed by atoms with Crippen molar-refractivity contribution in [1.82, 2.24) is 0 Å². The molecule has 1 atom stereocenters. The van der Waals surface area contributed by atoms with Gasteiger partial charge in [-0.05, 0) is 25.5 Å². The monoisotopic (exact) mass is 207 g/mol. The van der Waals surface area contributed by atoms with Crippen molar-refractivity contribution in [3.63, 3.8) is 0 Å². The second kappa shape index (κ2) is 3.51. The van der Waals surface area contributed by atoms with Crippen molar-refractivity contribution in [3.05, 3.63) is 28.8 Å². The number of aliphatic hydroxyl groups is 1. The molecule has 15 heavy (non-hydrogen) atoms. The zero-order valence-corrected chi connectivity index (χ0v) is 9.21. The zero-order chi connectivity index (χ0) is 11.1. The van der Waals surface area contributed by atoms with E-state index in [0.29, 0.717) is 13.0 Å². The van der Waals surface area contributed by atoms with E-state index in [1.54, 1.807) is 0 Å². The SMILES string of the molecule is Cc1cc(C)c2c(c1)C(O)(CN)CCO2. The van der Waals surface area contributed by atoms with Gasteiger partial charge in [0, 0.05) is 18.5 Å². The summed E-state index contributed by atoms with van der Waals surface area (Å²) in [6, 6.07) is 4.02. The molecule has 0 saturated carbocycles. The topological polar surface area (TPSA) is 55.5 Å². The Morgan fingerprint density at radius 3 is 2.87 bits per heavy atom. The van der Waals surface area contributed by atoms with Gasteiger partial charge in [-0.15, -0.1) is 0 Å². The molecule has 1 aliphatic rings. The summed E-state index contributed by atoms with van der Waals surface area (Å²) in [4.78, 5) is 0. The molecule has 3 N–H and O–H groups in total. The molecule has 1 aromatic carbocycles. The van der Waals surface area contributed by atoms with E-state index in [2.05, 4.69) is 6.07 Å². The van der Waals surface area contributed by atoms with E-state index in [4.69, 9.17) is 10.5 Å². The first-order chi connectivity index (χ1) is 7.07. The highest BCUT2D eigenvalue weighted by Gasteiger charge is 2.35. The highest BCUT2D eigenvalue weighted by atomic mass is 16.5. The van der Waals surface area contributed by atoms with Crippen LogP contribution < -0.4 is 10.5 Å². The molecule has 3 heteroatoms. The Hall–Kier alpha value is -1.06. The number of aryl methyl sites for hydroxylation is 2. The Labute approximate surface area is 89.9 Å². The fraction of sp³-hybridized carbons (Fsp3) is 0.500. The lowest BCUT2D eigenvalue weighted by Gasteiger charge is -2.34. The Morgan fingerprint density at radius 2 is 2.20 bits per heavy atom. The lowest BCUT2D eigenvalue weighted by molar-refractivity contribution is 0.00500. The summed E-state index contributed by atoms with van der Waals surface area (Å²) in [6.07, 6.45) is 0.569. The molecule has 2 rings (SSSR count). The largest absolute Gasteiger partial charge is 0.493 e. The fourth-order valence-corrected chi connectivity index (χ4v) is 2.16. The summed E-state index contributed by atoms with van der Waals surface area (Å²) in [5, 5.41) is 10.4. The van der Waals surface area contributed by atoms with E-state index in [1.165, 1.54) is 0 Å². The van der Waals surface area contributed by atoms with Gasteiger partial charge in [0.1, 0.15) is 11.4 Å². The summed E-state index contributed by atoms with van der Waals surface area (Å²) < 4.78 is 5.59. The molecule has 0 amide bonds. The molecule has 0 bridgehead atoms. The molecule has 1 aliphatic heterocycles. The minimum absolute atomic E-state index is 0.242. The minimum atomic E-state index is -0.912. The van der Waals surface area contributed by atoms with Crippen LogP contribution in [0.25, 0.3) is 0 Å². The van der Waals surface area contributed by atoms with Crippen molar-refractivity contribution in [2.24, 2.45) is 5.73 Å². The summed E-state index contributed by atoms with van der Waals surface area (Å²) in [5.74, 6) is 0.805. The predicted octanol–water partition coefficient (Wildman–Crippen LogP) is 1.23. The maximum atomic E-state index is 10.4. The Bertz CT molecular complexity index is 389. The maximum Gasteiger partial charge on any atom is 0.128 e. The molecule has 3 nitrogen and oxygen atoms in total. The summed E-state index contributed by atoms with van der Waals surface area (Å²) in [5.41, 5.74) is 7.77. The van der Waals surface area contributed by atoms with Crippen LogP contribution in [0.1, 0.15) is 23.1 Å². The Morgan fingerprint density at radius 1 is 1.47 bits per heavy atom. The number of benzene rings is 1. The van der Waals surface area contributed by atoms with Crippen LogP contribution in [0.2, 0.25) is 0 Å². The molecule has 1 heterocycles. The van der Waals surface area contributed by atoms with Crippen LogP contribution in [0.15, 0.2) is 12.1 Å². The van der Waals surface area contributed by atoms with Crippen LogP contribution >= 0.6 is 0 Å². The number of rotatable bonds is 1. The van der Waals surface area contributed by atoms with Crippen molar-refractivity contribution < 1.29 is 9.84 Å². The zero-order valence-electron chi connectivity index (χ0n) is 9.21. The molecular formula is C12H17NO2. The molecule has 1 unspecified atom stereocenters. The van der Waals surface area contributed by atoms with Gasteiger partial charge in [0.15, 0.2) is 0 Å². The first-order valence-corrected chi connectivity index (χ1v) is 5.24. The molecular weight excluding hydrogens is 190 g/mol. The van der Waals surface area contributed by atoms with Gasteiger partial charge >= 0.3 is 0 Å². The van der Waals surface area contributed by atoms with Gasteiger partial charge in [0.2, 0.25) is 0 Å². The van der Waals surface area contributed by atoms with Crippen LogP contribution in [0.4, 0.5) is 0 Å². The average Bonchev–Trinajstić information content (AvgIpc) is 2.20. The third kappa shape index (κ3) is 1.62. The smallest absolute Gasteiger partial charge is 0.128 e. The van der Waals surface area contributed by atoms with Crippen molar-refractivity contribution in [3.8, 4) is 5.75 Å². The van der Waals surface area contributed by atoms with Crippen LogP contribution in [0, 0.1) is 13.8 Å². The number of hydrogen-bond donors (Lipinski definition) is 2. The van der Waals surface area contributed by atoms with E-state index < -0.39 is 5.60 Å². The van der Waals surface area contributed by atoms with Crippen LogP contribution in [-0.4, -0.2) is 18.3 Å². The molecule has 0 fully saturated rings. The highest BCUT2D eigenvalue weighted by molar-refractivity contribution is 5.48. The molecule has 82 valence electrons. The summed E-state index contributed by atoms with van der Waals surface area (Å²) in [6.45, 7) is 4.78. The Balaban J connectivity index is 2.60. The van der Waals surface area contributed by atoms with Crippen molar-refractivity contribution in [2.75, 3.05) is 13.2 Å². The molecule has 0 radical (unpaired) electrons. The quantitative estimate of drug-likeness (QED) is 0.728. The lowest BCUT2D eigenvalue weighted by atomic mass is 9.86. The number of fused-ring (bicyclic) bond motifs is 1. The van der Waals surface area contributed by atoms with Gasteiger partial charge in [0.25, 0.3) is 0 Å². The maximum absolute atomic E-state index is 10.4. The summed E-state index contributed by atoms with van der Waals surface area (Å²) in [7, 11) is 0. The Kier molecular flexibility index (Phi) is 2.44. The van der Waals surface area contributed by atoms with Gasteiger partial charge in [-0.25, -0.2) is 0 Å². The van der Waals surface area contributed by atoms with Gasteiger partial charge in [-0.1, -0.05) is 11.6 Å². The van der Waals surface area contributed by atoms with Crippen molar-refractivity contribution in [2.45, 2.75) is 25.9 Å². The number of nitrogens with two attached hydrogens (primary N) is 1. The molecule has 0 aromatic heterocycles. The van der Waals surface area contributed by atoms with E-state index >= 15 is 0 Å². The predicted molar refractivity (Wildman–Crippen MR) is 59.0 cm³/mol. The van der Waals surface area contributed by atoms with E-state index in [1.807, 2.05) is 19.9 Å².